The number of hydrogen-bond acceptors (Lipinski definition) is 4. The van der Waals surface area contributed by atoms with E-state index in [1.54, 1.807) is 48.6 Å². The summed E-state index contributed by atoms with van der Waals surface area (Å²) in [5, 5.41) is 0. The molecule has 0 fully saturated rings. The molecule has 1 aromatic rings. The first-order chi connectivity index (χ1) is 10.2. The minimum atomic E-state index is -0.492. The Balaban J connectivity index is 1.93. The van der Waals surface area contributed by atoms with E-state index < -0.39 is 5.97 Å². The lowest BCUT2D eigenvalue weighted by atomic mass is 10.0. The van der Waals surface area contributed by atoms with Gasteiger partial charge in [0.15, 0.2) is 17.3 Å². The van der Waals surface area contributed by atoms with Gasteiger partial charge in [-0.15, -0.1) is 0 Å². The SMILES string of the molecule is O=C1/C=C\C=C/C2=C(/C=C\OC(=O)c3ccccc3C1)O2. The molecule has 0 bridgehead atoms. The van der Waals surface area contributed by atoms with E-state index >= 15 is 0 Å². The van der Waals surface area contributed by atoms with Gasteiger partial charge in [-0.3, -0.25) is 4.79 Å². The van der Waals surface area contributed by atoms with Crippen LogP contribution in [-0.4, -0.2) is 11.8 Å². The van der Waals surface area contributed by atoms with E-state index in [-0.39, 0.29) is 12.2 Å². The smallest absolute Gasteiger partial charge is 0.343 e. The standard InChI is InChI=1S/C17H12O4/c18-13-6-2-4-8-15-16(21-15)9-10-20-17(19)14-7-3-1-5-12(14)11-13/h1-10H,11H2/b6-2-,8-4-,10-9-. The first kappa shape index (κ1) is 13.1. The predicted molar refractivity (Wildman–Crippen MR) is 76.1 cm³/mol. The van der Waals surface area contributed by atoms with E-state index in [0.717, 1.165) is 0 Å². The van der Waals surface area contributed by atoms with Crippen molar-refractivity contribution in [1.82, 2.24) is 0 Å². The number of cyclic esters (lactones) is 1. The molecular formula is C17H12O4. The van der Waals surface area contributed by atoms with Crippen molar-refractivity contribution >= 4 is 11.8 Å². The van der Waals surface area contributed by atoms with Crippen molar-refractivity contribution in [3.63, 3.8) is 0 Å². The maximum Gasteiger partial charge on any atom is 0.343 e. The summed E-state index contributed by atoms with van der Waals surface area (Å²) in [7, 11) is 0. The second kappa shape index (κ2) is 5.63. The van der Waals surface area contributed by atoms with E-state index in [1.165, 1.54) is 12.3 Å². The van der Waals surface area contributed by atoms with Gasteiger partial charge in [0.2, 0.25) is 0 Å². The zero-order chi connectivity index (χ0) is 14.7. The van der Waals surface area contributed by atoms with Crippen LogP contribution in [0.5, 0.6) is 0 Å². The summed E-state index contributed by atoms with van der Waals surface area (Å²) in [5.41, 5.74) is 1.04. The molecule has 0 amide bonds. The van der Waals surface area contributed by atoms with Crippen LogP contribution in [0.4, 0.5) is 0 Å². The van der Waals surface area contributed by atoms with Gasteiger partial charge in [-0.1, -0.05) is 30.4 Å². The van der Waals surface area contributed by atoms with Crippen LogP contribution in [0.25, 0.3) is 0 Å². The quantitative estimate of drug-likeness (QED) is 0.686. The van der Waals surface area contributed by atoms with E-state index in [0.29, 0.717) is 22.6 Å². The highest BCUT2D eigenvalue weighted by Gasteiger charge is 2.19. The summed E-state index contributed by atoms with van der Waals surface area (Å²) in [5.74, 6) is 0.758. The number of fused-ring (bicyclic) bond motifs is 1. The highest BCUT2D eigenvalue weighted by atomic mass is 16.6. The Hall–Kier alpha value is -2.88. The van der Waals surface area contributed by atoms with Crippen molar-refractivity contribution < 1.29 is 19.1 Å². The Morgan fingerprint density at radius 3 is 2.57 bits per heavy atom. The predicted octanol–water partition coefficient (Wildman–Crippen LogP) is 2.84. The Labute approximate surface area is 121 Å². The Kier molecular flexibility index (Phi) is 3.51. The highest BCUT2D eigenvalue weighted by Crippen LogP contribution is 2.28. The van der Waals surface area contributed by atoms with Gasteiger partial charge in [0.25, 0.3) is 0 Å². The zero-order valence-electron chi connectivity index (χ0n) is 11.1. The number of carbonyl (C=O) groups is 2. The number of rotatable bonds is 0. The van der Waals surface area contributed by atoms with Crippen molar-refractivity contribution in [3.05, 3.63) is 83.6 Å². The fraction of sp³-hybridized carbons (Fsp3) is 0.0588. The second-order valence-electron chi connectivity index (χ2n) is 4.56. The van der Waals surface area contributed by atoms with Crippen LogP contribution in [0.1, 0.15) is 15.9 Å². The van der Waals surface area contributed by atoms with E-state index in [1.807, 2.05) is 0 Å². The lowest BCUT2D eigenvalue weighted by Crippen LogP contribution is -2.08. The van der Waals surface area contributed by atoms with Crippen LogP contribution in [0.2, 0.25) is 0 Å². The van der Waals surface area contributed by atoms with E-state index in [4.69, 9.17) is 9.47 Å². The van der Waals surface area contributed by atoms with Crippen molar-refractivity contribution in [2.45, 2.75) is 6.42 Å². The molecule has 1 aromatic carbocycles. The normalized spacial score (nSPS) is 22.1. The molecule has 0 spiro atoms. The average molecular weight is 280 g/mol. The first-order valence-corrected chi connectivity index (χ1v) is 6.49. The molecule has 0 saturated carbocycles. The fourth-order valence-electron chi connectivity index (χ4n) is 1.97. The van der Waals surface area contributed by atoms with Gasteiger partial charge in [-0.2, -0.15) is 0 Å². The number of hydrogen-bond donors (Lipinski definition) is 0. The molecule has 2 aliphatic heterocycles. The molecule has 2 aliphatic rings. The van der Waals surface area contributed by atoms with E-state index in [9.17, 15) is 9.59 Å². The van der Waals surface area contributed by atoms with Gasteiger partial charge in [-0.05, 0) is 23.8 Å². The third-order valence-corrected chi connectivity index (χ3v) is 3.06. The fourth-order valence-corrected chi connectivity index (χ4v) is 1.97. The summed E-state index contributed by atoms with van der Waals surface area (Å²) < 4.78 is 10.2. The molecule has 4 nitrogen and oxygen atoms in total. The van der Waals surface area contributed by atoms with Gasteiger partial charge in [-0.25, -0.2) is 4.79 Å². The molecule has 104 valence electrons. The number of ether oxygens (including phenoxy) is 2. The van der Waals surface area contributed by atoms with Gasteiger partial charge >= 0.3 is 5.97 Å². The number of carbonyl (C=O) groups excluding carboxylic acids is 2. The molecule has 21 heavy (non-hydrogen) atoms. The summed E-state index contributed by atoms with van der Waals surface area (Å²) in [6.45, 7) is 0. The van der Waals surface area contributed by atoms with Crippen molar-refractivity contribution in [1.29, 1.82) is 0 Å². The summed E-state index contributed by atoms with van der Waals surface area (Å²) in [6, 6.07) is 6.92. The molecule has 0 atom stereocenters. The number of ketones is 1. The largest absolute Gasteiger partial charge is 0.449 e. The average Bonchev–Trinajstić information content (AvgIpc) is 3.22. The summed E-state index contributed by atoms with van der Waals surface area (Å²) in [4.78, 5) is 23.9. The molecule has 0 radical (unpaired) electrons. The Bertz CT molecular complexity index is 720. The molecular weight excluding hydrogens is 268 g/mol. The minimum Gasteiger partial charge on any atom is -0.449 e. The molecule has 0 aliphatic carbocycles. The third kappa shape index (κ3) is 3.17. The van der Waals surface area contributed by atoms with Gasteiger partial charge in [0.05, 0.1) is 11.8 Å². The molecule has 3 rings (SSSR count). The number of benzene rings is 1. The van der Waals surface area contributed by atoms with Crippen molar-refractivity contribution in [3.8, 4) is 0 Å². The van der Waals surface area contributed by atoms with Gasteiger partial charge in [0.1, 0.15) is 0 Å². The first-order valence-electron chi connectivity index (χ1n) is 6.49. The highest BCUT2D eigenvalue weighted by molar-refractivity contribution is 5.96. The third-order valence-electron chi connectivity index (χ3n) is 3.06. The van der Waals surface area contributed by atoms with Crippen LogP contribution < -0.4 is 0 Å². The molecule has 0 aromatic heterocycles. The summed E-state index contributed by atoms with van der Waals surface area (Å²) in [6.07, 6.45) is 9.64. The van der Waals surface area contributed by atoms with Crippen LogP contribution in [0, 0.1) is 0 Å². The molecule has 0 unspecified atom stereocenters. The molecule has 0 N–H and O–H groups in total. The maximum atomic E-state index is 12.0. The monoisotopic (exact) mass is 280 g/mol. The zero-order valence-corrected chi connectivity index (χ0v) is 11.1. The van der Waals surface area contributed by atoms with Crippen LogP contribution in [0.15, 0.2) is 72.4 Å². The van der Waals surface area contributed by atoms with Gasteiger partial charge < -0.3 is 9.47 Å². The molecule has 0 saturated heterocycles. The summed E-state index contributed by atoms with van der Waals surface area (Å²) >= 11 is 0. The van der Waals surface area contributed by atoms with Crippen molar-refractivity contribution in [2.24, 2.45) is 0 Å². The maximum absolute atomic E-state index is 12.0. The number of esters is 1. The van der Waals surface area contributed by atoms with Crippen LogP contribution >= 0.6 is 0 Å². The minimum absolute atomic E-state index is 0.0848. The molecule has 2 heterocycles. The lowest BCUT2D eigenvalue weighted by molar-refractivity contribution is -0.114. The Morgan fingerprint density at radius 1 is 0.905 bits per heavy atom. The Morgan fingerprint density at radius 2 is 1.67 bits per heavy atom. The van der Waals surface area contributed by atoms with Crippen LogP contribution in [-0.2, 0) is 20.7 Å². The lowest BCUT2D eigenvalue weighted by Gasteiger charge is -2.05. The topological polar surface area (TPSA) is 55.9 Å². The number of allylic oxidation sites excluding steroid dienone is 5. The second-order valence-corrected chi connectivity index (χ2v) is 4.56. The van der Waals surface area contributed by atoms with Crippen LogP contribution in [0.3, 0.4) is 0 Å². The van der Waals surface area contributed by atoms with E-state index in [2.05, 4.69) is 0 Å². The van der Waals surface area contributed by atoms with Gasteiger partial charge in [0, 0.05) is 12.5 Å². The van der Waals surface area contributed by atoms with Crippen molar-refractivity contribution in [2.75, 3.05) is 0 Å². The molecule has 4 heteroatoms.